The SMILES string of the molecule is CC1(C)CCCCC1(OCCCO)C(=O)O. The second-order valence-electron chi connectivity index (χ2n) is 5.15. The third kappa shape index (κ3) is 2.38. The number of aliphatic carboxylic acids is 1. The largest absolute Gasteiger partial charge is 0.479 e. The fraction of sp³-hybridized carbons (Fsp3) is 0.917. The number of carboxylic acids is 1. The molecule has 0 aromatic rings. The number of carbonyl (C=O) groups is 1. The molecule has 1 atom stereocenters. The van der Waals surface area contributed by atoms with Crippen LogP contribution in [0.4, 0.5) is 0 Å². The van der Waals surface area contributed by atoms with Crippen molar-refractivity contribution in [1.29, 1.82) is 0 Å². The Bertz CT molecular complexity index is 249. The standard InChI is InChI=1S/C12H22O4/c1-11(2)6-3-4-7-12(11,10(14)15)16-9-5-8-13/h13H,3-9H2,1-2H3,(H,14,15). The molecule has 0 spiro atoms. The van der Waals surface area contributed by atoms with E-state index in [1.165, 1.54) is 0 Å². The van der Waals surface area contributed by atoms with Gasteiger partial charge >= 0.3 is 5.97 Å². The van der Waals surface area contributed by atoms with Gasteiger partial charge in [-0.15, -0.1) is 0 Å². The summed E-state index contributed by atoms with van der Waals surface area (Å²) in [5.41, 5.74) is -1.41. The lowest BCUT2D eigenvalue weighted by Gasteiger charge is -2.46. The maximum atomic E-state index is 11.5. The van der Waals surface area contributed by atoms with Crippen molar-refractivity contribution in [2.75, 3.05) is 13.2 Å². The van der Waals surface area contributed by atoms with Crippen LogP contribution in [0.3, 0.4) is 0 Å². The molecule has 1 aliphatic carbocycles. The van der Waals surface area contributed by atoms with Crippen LogP contribution in [0.1, 0.15) is 46.0 Å². The van der Waals surface area contributed by atoms with E-state index in [0.717, 1.165) is 19.3 Å². The second kappa shape index (κ2) is 5.15. The molecule has 16 heavy (non-hydrogen) atoms. The summed E-state index contributed by atoms with van der Waals surface area (Å²) in [6.07, 6.45) is 3.89. The smallest absolute Gasteiger partial charge is 0.336 e. The van der Waals surface area contributed by atoms with Gasteiger partial charge in [0.15, 0.2) is 5.60 Å². The molecule has 0 bridgehead atoms. The first-order valence-corrected chi connectivity index (χ1v) is 5.94. The molecule has 94 valence electrons. The summed E-state index contributed by atoms with van der Waals surface area (Å²) in [6, 6.07) is 0. The molecular weight excluding hydrogens is 208 g/mol. The zero-order valence-corrected chi connectivity index (χ0v) is 10.2. The average Bonchev–Trinajstić information content (AvgIpc) is 2.20. The number of hydrogen-bond acceptors (Lipinski definition) is 3. The lowest BCUT2D eigenvalue weighted by molar-refractivity contribution is -0.194. The van der Waals surface area contributed by atoms with E-state index in [-0.39, 0.29) is 12.0 Å². The van der Waals surface area contributed by atoms with Crippen LogP contribution in [0.2, 0.25) is 0 Å². The number of rotatable bonds is 5. The Morgan fingerprint density at radius 3 is 2.44 bits per heavy atom. The van der Waals surface area contributed by atoms with Gasteiger partial charge in [-0.1, -0.05) is 20.3 Å². The van der Waals surface area contributed by atoms with Crippen molar-refractivity contribution in [3.8, 4) is 0 Å². The molecule has 4 nitrogen and oxygen atoms in total. The second-order valence-corrected chi connectivity index (χ2v) is 5.15. The Hall–Kier alpha value is -0.610. The van der Waals surface area contributed by atoms with Crippen molar-refractivity contribution in [3.63, 3.8) is 0 Å². The van der Waals surface area contributed by atoms with E-state index in [9.17, 15) is 9.90 Å². The minimum atomic E-state index is -1.07. The topological polar surface area (TPSA) is 66.8 Å². The molecule has 1 aliphatic rings. The summed E-state index contributed by atoms with van der Waals surface area (Å²) >= 11 is 0. The summed E-state index contributed by atoms with van der Waals surface area (Å²) in [4.78, 5) is 11.5. The third-order valence-corrected chi connectivity index (χ3v) is 3.67. The van der Waals surface area contributed by atoms with E-state index in [1.54, 1.807) is 0 Å². The molecule has 0 saturated heterocycles. The highest BCUT2D eigenvalue weighted by molar-refractivity contribution is 5.78. The van der Waals surface area contributed by atoms with E-state index < -0.39 is 11.6 Å². The van der Waals surface area contributed by atoms with Gasteiger partial charge in [0.05, 0.1) is 6.61 Å². The summed E-state index contributed by atoms with van der Waals surface area (Å²) < 4.78 is 5.63. The Morgan fingerprint density at radius 1 is 1.31 bits per heavy atom. The molecule has 0 aromatic heterocycles. The van der Waals surface area contributed by atoms with Gasteiger partial charge in [0.2, 0.25) is 0 Å². The number of hydrogen-bond donors (Lipinski definition) is 2. The molecule has 4 heteroatoms. The van der Waals surface area contributed by atoms with Crippen LogP contribution in [-0.4, -0.2) is 35.0 Å². The van der Waals surface area contributed by atoms with Gasteiger partial charge in [-0.05, 0) is 25.7 Å². The maximum absolute atomic E-state index is 11.5. The monoisotopic (exact) mass is 230 g/mol. The summed E-state index contributed by atoms with van der Waals surface area (Å²) in [5, 5.41) is 18.2. The molecule has 1 saturated carbocycles. The predicted molar refractivity (Wildman–Crippen MR) is 60.3 cm³/mol. The number of aliphatic hydroxyl groups is 1. The van der Waals surface area contributed by atoms with Crippen molar-refractivity contribution in [1.82, 2.24) is 0 Å². The lowest BCUT2D eigenvalue weighted by atomic mass is 9.65. The van der Waals surface area contributed by atoms with Gasteiger partial charge in [0, 0.05) is 12.0 Å². The molecule has 1 rings (SSSR count). The van der Waals surface area contributed by atoms with Gasteiger partial charge in [-0.3, -0.25) is 0 Å². The fourth-order valence-corrected chi connectivity index (χ4v) is 2.52. The Kier molecular flexibility index (Phi) is 4.33. The molecule has 0 amide bonds. The van der Waals surface area contributed by atoms with Crippen LogP contribution < -0.4 is 0 Å². The van der Waals surface area contributed by atoms with E-state index >= 15 is 0 Å². The highest BCUT2D eigenvalue weighted by Crippen LogP contribution is 2.46. The fourth-order valence-electron chi connectivity index (χ4n) is 2.52. The molecule has 1 fully saturated rings. The Balaban J connectivity index is 2.81. The van der Waals surface area contributed by atoms with Crippen LogP contribution in [0.25, 0.3) is 0 Å². The van der Waals surface area contributed by atoms with Crippen LogP contribution in [-0.2, 0) is 9.53 Å². The molecule has 2 N–H and O–H groups in total. The first kappa shape index (κ1) is 13.5. The summed E-state index contributed by atoms with van der Waals surface area (Å²) in [7, 11) is 0. The van der Waals surface area contributed by atoms with E-state index in [4.69, 9.17) is 9.84 Å². The molecule has 0 aliphatic heterocycles. The van der Waals surface area contributed by atoms with Crippen molar-refractivity contribution in [3.05, 3.63) is 0 Å². The predicted octanol–water partition coefficient (Wildman–Crippen LogP) is 1.81. The van der Waals surface area contributed by atoms with Gasteiger partial charge < -0.3 is 14.9 Å². The molecule has 0 heterocycles. The zero-order valence-electron chi connectivity index (χ0n) is 10.2. The van der Waals surface area contributed by atoms with Crippen molar-refractivity contribution >= 4 is 5.97 Å². The van der Waals surface area contributed by atoms with Crippen LogP contribution in [0.15, 0.2) is 0 Å². The van der Waals surface area contributed by atoms with E-state index in [0.29, 0.717) is 19.4 Å². The molecule has 0 radical (unpaired) electrons. The highest BCUT2D eigenvalue weighted by Gasteiger charge is 2.53. The minimum Gasteiger partial charge on any atom is -0.479 e. The average molecular weight is 230 g/mol. The van der Waals surface area contributed by atoms with Crippen molar-refractivity contribution in [2.24, 2.45) is 5.41 Å². The van der Waals surface area contributed by atoms with Crippen LogP contribution in [0, 0.1) is 5.41 Å². The van der Waals surface area contributed by atoms with Crippen LogP contribution in [0.5, 0.6) is 0 Å². The summed E-state index contributed by atoms with van der Waals surface area (Å²) in [6.45, 7) is 4.26. The third-order valence-electron chi connectivity index (χ3n) is 3.67. The van der Waals surface area contributed by atoms with Crippen molar-refractivity contribution in [2.45, 2.75) is 51.6 Å². The van der Waals surface area contributed by atoms with Crippen molar-refractivity contribution < 1.29 is 19.7 Å². The number of carboxylic acid groups (broad SMARTS) is 1. The maximum Gasteiger partial charge on any atom is 0.336 e. The lowest BCUT2D eigenvalue weighted by Crippen LogP contribution is -2.55. The zero-order chi connectivity index (χ0) is 12.2. The van der Waals surface area contributed by atoms with Gasteiger partial charge in [-0.25, -0.2) is 4.79 Å². The van der Waals surface area contributed by atoms with Crippen LogP contribution >= 0.6 is 0 Å². The normalized spacial score (nSPS) is 28.9. The molecule has 1 unspecified atom stereocenters. The summed E-state index contributed by atoms with van der Waals surface area (Å²) in [5.74, 6) is -0.866. The minimum absolute atomic E-state index is 0.0378. The van der Waals surface area contributed by atoms with Gasteiger partial charge in [0.25, 0.3) is 0 Å². The Labute approximate surface area is 96.6 Å². The first-order valence-electron chi connectivity index (χ1n) is 5.94. The van der Waals surface area contributed by atoms with Gasteiger partial charge in [-0.2, -0.15) is 0 Å². The number of aliphatic hydroxyl groups excluding tert-OH is 1. The highest BCUT2D eigenvalue weighted by atomic mass is 16.5. The first-order chi connectivity index (χ1) is 7.46. The van der Waals surface area contributed by atoms with E-state index in [2.05, 4.69) is 0 Å². The van der Waals surface area contributed by atoms with Gasteiger partial charge in [0.1, 0.15) is 0 Å². The number of ether oxygens (including phenoxy) is 1. The molecular formula is C12H22O4. The van der Waals surface area contributed by atoms with E-state index in [1.807, 2.05) is 13.8 Å². The molecule has 0 aromatic carbocycles. The quantitative estimate of drug-likeness (QED) is 0.707. The Morgan fingerprint density at radius 2 is 1.94 bits per heavy atom.